The molecular weight excluding hydrogens is 222 g/mol. The largest absolute Gasteiger partial charge is 0.508 e. The molecule has 5 heteroatoms. The van der Waals surface area contributed by atoms with Gasteiger partial charge in [0.1, 0.15) is 5.75 Å². The molecule has 0 atom stereocenters. The van der Waals surface area contributed by atoms with Gasteiger partial charge in [0.05, 0.1) is 15.6 Å². The highest BCUT2D eigenvalue weighted by Crippen LogP contribution is 2.31. The normalized spacial score (nSPS) is 9.92. The number of rotatable bonds is 1. The molecule has 0 amide bonds. The van der Waals surface area contributed by atoms with Gasteiger partial charge in [-0.2, -0.15) is 0 Å². The summed E-state index contributed by atoms with van der Waals surface area (Å²) in [7, 11) is 0. The van der Waals surface area contributed by atoms with Crippen LogP contribution in [0, 0.1) is 0 Å². The summed E-state index contributed by atoms with van der Waals surface area (Å²) in [5.74, 6) is -0.145. The Hall–Kier alpha value is -0.440. The molecule has 0 aliphatic rings. The van der Waals surface area contributed by atoms with Gasteiger partial charge in [-0.25, -0.2) is 0 Å². The summed E-state index contributed by atoms with van der Waals surface area (Å²) in [5, 5.41) is 8.41. The van der Waals surface area contributed by atoms with E-state index < -0.39 is 5.24 Å². The van der Waals surface area contributed by atoms with Crippen molar-refractivity contribution >= 4 is 40.0 Å². The zero-order valence-corrected chi connectivity index (χ0v) is 7.91. The van der Waals surface area contributed by atoms with Gasteiger partial charge in [0.2, 0.25) is 0 Å². The van der Waals surface area contributed by atoms with E-state index in [0.717, 1.165) is 6.07 Å². The summed E-state index contributed by atoms with van der Waals surface area (Å²) in [4.78, 5) is 10.7. The van der Waals surface area contributed by atoms with Gasteiger partial charge < -0.3 is 5.11 Å². The van der Waals surface area contributed by atoms with Crippen LogP contribution in [0.1, 0.15) is 10.4 Å². The Morgan fingerprint density at radius 2 is 1.92 bits per heavy atom. The van der Waals surface area contributed by atoms with E-state index in [1.54, 1.807) is 0 Å². The van der Waals surface area contributed by atoms with Gasteiger partial charge in [-0.05, 0) is 17.7 Å². The number of hydrogen-bond acceptors (Lipinski definition) is 2. The fourth-order valence-corrected chi connectivity index (χ4v) is 1.32. The van der Waals surface area contributed by atoms with Crippen LogP contribution >= 0.6 is 34.8 Å². The van der Waals surface area contributed by atoms with Crippen molar-refractivity contribution < 1.29 is 9.90 Å². The van der Waals surface area contributed by atoms with Gasteiger partial charge in [-0.1, -0.05) is 23.2 Å². The molecule has 0 unspecified atom stereocenters. The molecule has 0 aliphatic carbocycles. The molecular formula is C7H3Cl3O2. The predicted octanol–water partition coefficient (Wildman–Crippen LogP) is 3.08. The lowest BCUT2D eigenvalue weighted by Gasteiger charge is -2.01. The first kappa shape index (κ1) is 9.65. The Kier molecular flexibility index (Phi) is 2.83. The van der Waals surface area contributed by atoms with Crippen LogP contribution in [-0.2, 0) is 0 Å². The molecule has 0 radical (unpaired) electrons. The van der Waals surface area contributed by atoms with E-state index >= 15 is 0 Å². The molecule has 2 nitrogen and oxygen atoms in total. The topological polar surface area (TPSA) is 37.3 Å². The highest BCUT2D eigenvalue weighted by Gasteiger charge is 2.12. The SMILES string of the molecule is O=C(Cl)c1cc(O)cc(Cl)c1Cl. The highest BCUT2D eigenvalue weighted by atomic mass is 35.5. The predicted molar refractivity (Wildman–Crippen MR) is 48.3 cm³/mol. The van der Waals surface area contributed by atoms with Crippen LogP contribution in [0.4, 0.5) is 0 Å². The van der Waals surface area contributed by atoms with Gasteiger partial charge in [-0.15, -0.1) is 0 Å². The third kappa shape index (κ3) is 1.83. The maximum atomic E-state index is 10.7. The number of aromatic hydroxyl groups is 1. The molecule has 0 saturated heterocycles. The standard InChI is InChI=1S/C7H3Cl3O2/c8-5-2-3(11)1-4(6(5)9)7(10)12/h1-2,11H. The van der Waals surface area contributed by atoms with Crippen LogP contribution in [0.2, 0.25) is 10.0 Å². The van der Waals surface area contributed by atoms with Gasteiger partial charge >= 0.3 is 0 Å². The lowest BCUT2D eigenvalue weighted by molar-refractivity contribution is 0.108. The average molecular weight is 225 g/mol. The molecule has 0 aromatic heterocycles. The molecule has 0 bridgehead atoms. The third-order valence-electron chi connectivity index (χ3n) is 1.22. The summed E-state index contributed by atoms with van der Waals surface area (Å²) in [5.41, 5.74) is 0.00309. The van der Waals surface area contributed by atoms with E-state index in [4.69, 9.17) is 39.9 Å². The van der Waals surface area contributed by atoms with Gasteiger partial charge in [0.25, 0.3) is 5.24 Å². The first-order chi connectivity index (χ1) is 5.52. The molecule has 0 heterocycles. The molecule has 0 aliphatic heterocycles. The Bertz CT molecular complexity index is 336. The number of phenolic OH excluding ortho intramolecular Hbond substituents is 1. The zero-order valence-electron chi connectivity index (χ0n) is 5.64. The fraction of sp³-hybridized carbons (Fsp3) is 0. The quantitative estimate of drug-likeness (QED) is 0.746. The van der Waals surface area contributed by atoms with Crippen molar-refractivity contribution in [2.75, 3.05) is 0 Å². The number of benzene rings is 1. The van der Waals surface area contributed by atoms with Crippen LogP contribution < -0.4 is 0 Å². The lowest BCUT2D eigenvalue weighted by Crippen LogP contribution is -1.90. The number of carbonyl (C=O) groups excluding carboxylic acids is 1. The zero-order chi connectivity index (χ0) is 9.30. The average Bonchev–Trinajstić information content (AvgIpc) is 1.96. The lowest BCUT2D eigenvalue weighted by atomic mass is 10.2. The van der Waals surface area contributed by atoms with Crippen molar-refractivity contribution in [1.82, 2.24) is 0 Å². The maximum Gasteiger partial charge on any atom is 0.254 e. The Labute approximate surface area is 83.7 Å². The molecule has 0 fully saturated rings. The molecule has 1 aromatic carbocycles. The van der Waals surface area contributed by atoms with E-state index in [0.29, 0.717) is 0 Å². The van der Waals surface area contributed by atoms with E-state index in [1.165, 1.54) is 6.07 Å². The van der Waals surface area contributed by atoms with Crippen LogP contribution in [0.3, 0.4) is 0 Å². The molecule has 1 N–H and O–H groups in total. The minimum absolute atomic E-state index is 0.00309. The van der Waals surface area contributed by atoms with Crippen molar-refractivity contribution in [2.45, 2.75) is 0 Å². The van der Waals surface area contributed by atoms with Crippen molar-refractivity contribution in [3.05, 3.63) is 27.7 Å². The van der Waals surface area contributed by atoms with E-state index in [9.17, 15) is 4.79 Å². The summed E-state index contributed by atoms with van der Waals surface area (Å²) in [6, 6.07) is 2.39. The smallest absolute Gasteiger partial charge is 0.254 e. The van der Waals surface area contributed by atoms with Crippen molar-refractivity contribution in [1.29, 1.82) is 0 Å². The second kappa shape index (κ2) is 3.52. The number of hydrogen-bond donors (Lipinski definition) is 1. The monoisotopic (exact) mass is 224 g/mol. The first-order valence-corrected chi connectivity index (χ1v) is 4.03. The molecule has 64 valence electrons. The summed E-state index contributed by atoms with van der Waals surface area (Å²) in [6.07, 6.45) is 0. The fourth-order valence-electron chi connectivity index (χ4n) is 0.718. The highest BCUT2D eigenvalue weighted by molar-refractivity contribution is 6.69. The maximum absolute atomic E-state index is 10.7. The van der Waals surface area contributed by atoms with Crippen LogP contribution in [-0.4, -0.2) is 10.3 Å². The summed E-state index contributed by atoms with van der Waals surface area (Å²) < 4.78 is 0. The Morgan fingerprint density at radius 3 is 2.42 bits per heavy atom. The van der Waals surface area contributed by atoms with Gasteiger partial charge in [0.15, 0.2) is 0 Å². The van der Waals surface area contributed by atoms with Crippen LogP contribution in [0.5, 0.6) is 5.75 Å². The molecule has 12 heavy (non-hydrogen) atoms. The van der Waals surface area contributed by atoms with Crippen LogP contribution in [0.15, 0.2) is 12.1 Å². The first-order valence-electron chi connectivity index (χ1n) is 2.90. The number of halogens is 3. The van der Waals surface area contributed by atoms with E-state index in [1.807, 2.05) is 0 Å². The summed E-state index contributed by atoms with van der Waals surface area (Å²) >= 11 is 16.3. The minimum atomic E-state index is -0.752. The van der Waals surface area contributed by atoms with E-state index in [-0.39, 0.29) is 21.4 Å². The van der Waals surface area contributed by atoms with Crippen molar-refractivity contribution in [3.63, 3.8) is 0 Å². The third-order valence-corrected chi connectivity index (χ3v) is 2.23. The van der Waals surface area contributed by atoms with Crippen molar-refractivity contribution in [3.8, 4) is 5.75 Å². The minimum Gasteiger partial charge on any atom is -0.508 e. The van der Waals surface area contributed by atoms with Crippen molar-refractivity contribution in [2.24, 2.45) is 0 Å². The second-order valence-corrected chi connectivity index (χ2v) is 3.19. The molecule has 0 spiro atoms. The Morgan fingerprint density at radius 1 is 1.33 bits per heavy atom. The van der Waals surface area contributed by atoms with E-state index in [2.05, 4.69) is 0 Å². The second-order valence-electron chi connectivity index (χ2n) is 2.06. The van der Waals surface area contributed by atoms with Gasteiger partial charge in [-0.3, -0.25) is 4.79 Å². The number of carbonyl (C=O) groups is 1. The molecule has 1 rings (SSSR count). The summed E-state index contributed by atoms with van der Waals surface area (Å²) in [6.45, 7) is 0. The molecule has 0 saturated carbocycles. The number of phenols is 1. The van der Waals surface area contributed by atoms with Crippen LogP contribution in [0.25, 0.3) is 0 Å². The van der Waals surface area contributed by atoms with Gasteiger partial charge in [0, 0.05) is 6.07 Å². The molecule has 1 aromatic rings. The Balaban J connectivity index is 3.37.